The van der Waals surface area contributed by atoms with Gasteiger partial charge in [0.25, 0.3) is 5.91 Å². The zero-order valence-corrected chi connectivity index (χ0v) is 11.9. The Hall–Kier alpha value is -3.15. The number of nitrogens with zero attached hydrogens (tertiary/aromatic N) is 1. The Balaban J connectivity index is 1.85. The number of H-pyrrole nitrogens is 1. The third kappa shape index (κ3) is 2.80. The van der Waals surface area contributed by atoms with Crippen LogP contribution in [0.4, 0.5) is 11.4 Å². The first-order valence-corrected chi connectivity index (χ1v) is 6.74. The molecule has 2 aromatic carbocycles. The normalized spacial score (nSPS) is 10.4. The van der Waals surface area contributed by atoms with Gasteiger partial charge in [-0.05, 0) is 24.3 Å². The van der Waals surface area contributed by atoms with Gasteiger partial charge in [-0.3, -0.25) is 14.7 Å². The fraction of sp³-hybridized carbons (Fsp3) is 0.0625. The molecule has 3 rings (SSSR count). The van der Waals surface area contributed by atoms with Crippen molar-refractivity contribution in [2.75, 3.05) is 10.6 Å². The van der Waals surface area contributed by atoms with Crippen LogP contribution in [-0.2, 0) is 4.79 Å². The van der Waals surface area contributed by atoms with Gasteiger partial charge in [0.2, 0.25) is 5.91 Å². The Morgan fingerprint density at radius 2 is 1.77 bits per heavy atom. The molecule has 0 bridgehead atoms. The van der Waals surface area contributed by atoms with Crippen LogP contribution in [0.1, 0.15) is 17.3 Å². The molecule has 0 unspecified atom stereocenters. The molecule has 0 saturated heterocycles. The first-order valence-electron chi connectivity index (χ1n) is 6.74. The number of rotatable bonds is 3. The van der Waals surface area contributed by atoms with Crippen LogP contribution in [0.2, 0.25) is 0 Å². The quantitative estimate of drug-likeness (QED) is 0.694. The summed E-state index contributed by atoms with van der Waals surface area (Å²) >= 11 is 0. The summed E-state index contributed by atoms with van der Waals surface area (Å²) in [6.07, 6.45) is 1.67. The number of fused-ring (bicyclic) bond motifs is 1. The van der Waals surface area contributed by atoms with E-state index in [4.69, 9.17) is 0 Å². The summed E-state index contributed by atoms with van der Waals surface area (Å²) in [5, 5.41) is 13.1. The van der Waals surface area contributed by atoms with Crippen molar-refractivity contribution in [1.29, 1.82) is 0 Å². The molecule has 0 aliphatic carbocycles. The van der Waals surface area contributed by atoms with Crippen LogP contribution in [-0.4, -0.2) is 22.0 Å². The van der Waals surface area contributed by atoms with Crippen LogP contribution in [0.25, 0.3) is 10.9 Å². The molecule has 6 nitrogen and oxygen atoms in total. The van der Waals surface area contributed by atoms with E-state index in [-0.39, 0.29) is 11.8 Å². The maximum atomic E-state index is 12.4. The number of amides is 2. The minimum atomic E-state index is -0.241. The monoisotopic (exact) mass is 294 g/mol. The maximum absolute atomic E-state index is 12.4. The lowest BCUT2D eigenvalue weighted by Gasteiger charge is -2.08. The Bertz CT molecular complexity index is 854. The Kier molecular flexibility index (Phi) is 3.57. The predicted octanol–water partition coefficient (Wildman–Crippen LogP) is 2.77. The minimum Gasteiger partial charge on any atom is -0.326 e. The molecular formula is C16H14N4O2. The average molecular weight is 294 g/mol. The van der Waals surface area contributed by atoms with Gasteiger partial charge < -0.3 is 10.6 Å². The van der Waals surface area contributed by atoms with E-state index in [1.54, 1.807) is 42.6 Å². The number of hydrogen-bond donors (Lipinski definition) is 3. The first kappa shape index (κ1) is 13.8. The SMILES string of the molecule is CC(=O)Nc1cccc(NC(=O)c2cccc3cn[nH]c23)c1. The van der Waals surface area contributed by atoms with Gasteiger partial charge in [0.1, 0.15) is 0 Å². The van der Waals surface area contributed by atoms with E-state index in [9.17, 15) is 9.59 Å². The summed E-state index contributed by atoms with van der Waals surface area (Å²) in [6.45, 7) is 1.43. The Morgan fingerprint density at radius 1 is 1.05 bits per heavy atom. The maximum Gasteiger partial charge on any atom is 0.257 e. The van der Waals surface area contributed by atoms with E-state index in [1.807, 2.05) is 6.07 Å². The van der Waals surface area contributed by atoms with Crippen LogP contribution < -0.4 is 10.6 Å². The fourth-order valence-electron chi connectivity index (χ4n) is 2.23. The molecule has 0 radical (unpaired) electrons. The second-order valence-electron chi connectivity index (χ2n) is 4.86. The summed E-state index contributed by atoms with van der Waals surface area (Å²) in [4.78, 5) is 23.5. The van der Waals surface area contributed by atoms with E-state index in [2.05, 4.69) is 20.8 Å². The number of carbonyl (C=O) groups is 2. The third-order valence-electron chi connectivity index (χ3n) is 3.16. The van der Waals surface area contributed by atoms with Crippen LogP contribution in [0.5, 0.6) is 0 Å². The van der Waals surface area contributed by atoms with Gasteiger partial charge in [0.15, 0.2) is 0 Å². The second kappa shape index (κ2) is 5.69. The van der Waals surface area contributed by atoms with E-state index < -0.39 is 0 Å². The molecule has 0 atom stereocenters. The summed E-state index contributed by atoms with van der Waals surface area (Å²) in [6, 6.07) is 12.4. The van der Waals surface area contributed by atoms with Gasteiger partial charge in [0, 0.05) is 23.7 Å². The van der Waals surface area contributed by atoms with Crippen LogP contribution in [0.3, 0.4) is 0 Å². The Morgan fingerprint density at radius 3 is 2.55 bits per heavy atom. The number of benzene rings is 2. The topological polar surface area (TPSA) is 86.9 Å². The summed E-state index contributed by atoms with van der Waals surface area (Å²) in [5.41, 5.74) is 2.44. The number of anilines is 2. The lowest BCUT2D eigenvalue weighted by Crippen LogP contribution is -2.13. The summed E-state index contributed by atoms with van der Waals surface area (Å²) < 4.78 is 0. The zero-order chi connectivity index (χ0) is 15.5. The number of aromatic nitrogens is 2. The van der Waals surface area contributed by atoms with E-state index in [0.717, 1.165) is 5.39 Å². The highest BCUT2D eigenvalue weighted by molar-refractivity contribution is 6.12. The zero-order valence-electron chi connectivity index (χ0n) is 11.9. The molecular weight excluding hydrogens is 280 g/mol. The minimum absolute atomic E-state index is 0.161. The molecule has 3 aromatic rings. The number of carbonyl (C=O) groups excluding carboxylic acids is 2. The fourth-order valence-corrected chi connectivity index (χ4v) is 2.23. The van der Waals surface area contributed by atoms with Crippen molar-refractivity contribution in [2.45, 2.75) is 6.92 Å². The molecule has 6 heteroatoms. The van der Waals surface area contributed by atoms with Gasteiger partial charge >= 0.3 is 0 Å². The van der Waals surface area contributed by atoms with Crippen molar-refractivity contribution in [3.63, 3.8) is 0 Å². The largest absolute Gasteiger partial charge is 0.326 e. The highest BCUT2D eigenvalue weighted by atomic mass is 16.2. The number of nitrogens with one attached hydrogen (secondary N) is 3. The molecule has 0 aliphatic rings. The molecule has 0 saturated carbocycles. The first-order chi connectivity index (χ1) is 10.6. The molecule has 0 fully saturated rings. The van der Waals surface area contributed by atoms with Crippen LogP contribution in [0.15, 0.2) is 48.7 Å². The molecule has 1 aromatic heterocycles. The van der Waals surface area contributed by atoms with E-state index in [1.165, 1.54) is 6.92 Å². The van der Waals surface area contributed by atoms with Crippen molar-refractivity contribution in [3.05, 3.63) is 54.2 Å². The van der Waals surface area contributed by atoms with Crippen LogP contribution >= 0.6 is 0 Å². The molecule has 2 amide bonds. The lowest BCUT2D eigenvalue weighted by molar-refractivity contribution is -0.114. The summed E-state index contributed by atoms with van der Waals surface area (Å²) in [5.74, 6) is -0.402. The molecule has 3 N–H and O–H groups in total. The highest BCUT2D eigenvalue weighted by Crippen LogP contribution is 2.19. The van der Waals surface area contributed by atoms with Crippen molar-refractivity contribution in [1.82, 2.24) is 10.2 Å². The third-order valence-corrected chi connectivity index (χ3v) is 3.16. The van der Waals surface area contributed by atoms with Gasteiger partial charge in [-0.25, -0.2) is 0 Å². The molecule has 22 heavy (non-hydrogen) atoms. The van der Waals surface area contributed by atoms with Crippen molar-refractivity contribution < 1.29 is 9.59 Å². The Labute approximate surface area is 126 Å². The van der Waals surface area contributed by atoms with Gasteiger partial charge in [-0.2, -0.15) is 5.10 Å². The standard InChI is InChI=1S/C16H14N4O2/c1-10(21)18-12-5-3-6-13(8-12)19-16(22)14-7-2-4-11-9-17-20-15(11)14/h2-9H,1H3,(H,17,20)(H,18,21)(H,19,22). The number of hydrogen-bond acceptors (Lipinski definition) is 3. The summed E-state index contributed by atoms with van der Waals surface area (Å²) in [7, 11) is 0. The van der Waals surface area contributed by atoms with Gasteiger partial charge in [0.05, 0.1) is 17.3 Å². The number of para-hydroxylation sites is 1. The van der Waals surface area contributed by atoms with Crippen molar-refractivity contribution in [2.24, 2.45) is 0 Å². The van der Waals surface area contributed by atoms with E-state index >= 15 is 0 Å². The molecule has 1 heterocycles. The van der Waals surface area contributed by atoms with Crippen LogP contribution in [0, 0.1) is 0 Å². The molecule has 0 aliphatic heterocycles. The van der Waals surface area contributed by atoms with E-state index in [0.29, 0.717) is 22.5 Å². The lowest BCUT2D eigenvalue weighted by atomic mass is 10.1. The molecule has 0 spiro atoms. The molecule has 110 valence electrons. The van der Waals surface area contributed by atoms with Crippen molar-refractivity contribution in [3.8, 4) is 0 Å². The highest BCUT2D eigenvalue weighted by Gasteiger charge is 2.11. The van der Waals surface area contributed by atoms with Crippen molar-refractivity contribution >= 4 is 34.1 Å². The predicted molar refractivity (Wildman–Crippen MR) is 84.8 cm³/mol. The number of aromatic amines is 1. The smallest absolute Gasteiger partial charge is 0.257 e. The second-order valence-corrected chi connectivity index (χ2v) is 4.86. The van der Waals surface area contributed by atoms with Gasteiger partial charge in [-0.15, -0.1) is 0 Å². The van der Waals surface area contributed by atoms with Gasteiger partial charge in [-0.1, -0.05) is 18.2 Å². The average Bonchev–Trinajstić information content (AvgIpc) is 2.95.